The Hall–Kier alpha value is -5.18. The summed E-state index contributed by atoms with van der Waals surface area (Å²) in [6, 6.07) is 22.5. The Labute approximate surface area is 208 Å². The van der Waals surface area contributed by atoms with Crippen LogP contribution in [0.1, 0.15) is 28.3 Å². The van der Waals surface area contributed by atoms with E-state index in [4.69, 9.17) is 8.83 Å². The molecule has 6 aromatic rings. The van der Waals surface area contributed by atoms with Crippen LogP contribution >= 0.6 is 0 Å². The third-order valence-electron chi connectivity index (χ3n) is 6.26. The first-order chi connectivity index (χ1) is 18.0. The predicted octanol–water partition coefficient (Wildman–Crippen LogP) is 4.13. The van der Waals surface area contributed by atoms with E-state index in [2.05, 4.69) is 10.3 Å². The molecule has 9 heteroatoms. The van der Waals surface area contributed by atoms with Crippen molar-refractivity contribution < 1.29 is 19.0 Å². The molecule has 9 nitrogen and oxygen atoms in total. The van der Waals surface area contributed by atoms with Crippen LogP contribution in [0.15, 0.2) is 103 Å². The standard InChI is InChI=1S/C28H19N3O6/c32-25-17-10-4-6-12-20(17)36-27(34)23(25)22(19-15-31(30-29-19)14-16-8-2-1-3-9-16)24-26(33)18-11-5-7-13-21(18)37-28(24)35/h1-13,15,22,32-33H,14H2. The molecule has 0 radical (unpaired) electrons. The van der Waals surface area contributed by atoms with Crippen LogP contribution in [0.5, 0.6) is 11.5 Å². The molecule has 0 fully saturated rings. The molecular formula is C28H19N3O6. The van der Waals surface area contributed by atoms with Gasteiger partial charge in [0.1, 0.15) is 22.7 Å². The van der Waals surface area contributed by atoms with Crippen molar-refractivity contribution in [3.8, 4) is 11.5 Å². The monoisotopic (exact) mass is 493 g/mol. The molecular weight excluding hydrogens is 474 g/mol. The number of nitrogens with zero attached hydrogens (tertiary/aromatic N) is 3. The minimum absolute atomic E-state index is 0.145. The Morgan fingerprint density at radius 1 is 0.730 bits per heavy atom. The van der Waals surface area contributed by atoms with Crippen molar-refractivity contribution in [1.29, 1.82) is 0 Å². The van der Waals surface area contributed by atoms with Gasteiger partial charge in [-0.2, -0.15) is 0 Å². The summed E-state index contributed by atoms with van der Waals surface area (Å²) >= 11 is 0. The van der Waals surface area contributed by atoms with Gasteiger partial charge in [0, 0.05) is 6.20 Å². The molecule has 2 N–H and O–H groups in total. The van der Waals surface area contributed by atoms with E-state index < -0.39 is 17.2 Å². The highest BCUT2D eigenvalue weighted by Gasteiger charge is 2.34. The zero-order valence-electron chi connectivity index (χ0n) is 19.2. The highest BCUT2D eigenvalue weighted by atomic mass is 16.4. The van der Waals surface area contributed by atoms with Crippen LogP contribution in [-0.4, -0.2) is 25.2 Å². The minimum Gasteiger partial charge on any atom is -0.507 e. The molecule has 0 saturated carbocycles. The number of para-hydroxylation sites is 2. The summed E-state index contributed by atoms with van der Waals surface area (Å²) in [6.45, 7) is 0.372. The topological polar surface area (TPSA) is 132 Å². The summed E-state index contributed by atoms with van der Waals surface area (Å²) in [6.07, 6.45) is 1.56. The van der Waals surface area contributed by atoms with Crippen LogP contribution in [0.25, 0.3) is 21.9 Å². The first-order valence-electron chi connectivity index (χ1n) is 11.4. The molecule has 0 saturated heterocycles. The van der Waals surface area contributed by atoms with Gasteiger partial charge in [0.05, 0.1) is 40.1 Å². The Morgan fingerprint density at radius 3 is 1.81 bits per heavy atom. The lowest BCUT2D eigenvalue weighted by molar-refractivity contribution is 0.440. The molecule has 6 rings (SSSR count). The second kappa shape index (κ2) is 8.80. The van der Waals surface area contributed by atoms with Crippen LogP contribution in [0.3, 0.4) is 0 Å². The molecule has 0 aliphatic rings. The van der Waals surface area contributed by atoms with Gasteiger partial charge in [-0.05, 0) is 29.8 Å². The highest BCUT2D eigenvalue weighted by Crippen LogP contribution is 2.41. The number of aromatic nitrogens is 3. The fraction of sp³-hybridized carbons (Fsp3) is 0.0714. The molecule has 0 amide bonds. The van der Waals surface area contributed by atoms with Gasteiger partial charge in [-0.1, -0.05) is 59.8 Å². The van der Waals surface area contributed by atoms with Crippen molar-refractivity contribution in [2.45, 2.75) is 12.5 Å². The van der Waals surface area contributed by atoms with Gasteiger partial charge >= 0.3 is 11.3 Å². The molecule has 0 aliphatic heterocycles. The van der Waals surface area contributed by atoms with E-state index in [-0.39, 0.29) is 50.3 Å². The average molecular weight is 493 g/mol. The fourth-order valence-corrected chi connectivity index (χ4v) is 4.54. The number of fused-ring (bicyclic) bond motifs is 2. The molecule has 0 unspecified atom stereocenters. The molecule has 0 spiro atoms. The molecule has 3 aromatic carbocycles. The van der Waals surface area contributed by atoms with E-state index in [1.54, 1.807) is 54.7 Å². The summed E-state index contributed by atoms with van der Waals surface area (Å²) in [7, 11) is 0. The van der Waals surface area contributed by atoms with Crippen molar-refractivity contribution in [3.05, 3.63) is 128 Å². The van der Waals surface area contributed by atoms with Crippen LogP contribution in [0.2, 0.25) is 0 Å². The first-order valence-corrected chi connectivity index (χ1v) is 11.4. The number of benzene rings is 3. The summed E-state index contributed by atoms with van der Waals surface area (Å²) in [5.41, 5.74) is -0.837. The quantitative estimate of drug-likeness (QED) is 0.343. The summed E-state index contributed by atoms with van der Waals surface area (Å²) < 4.78 is 12.5. The fourth-order valence-electron chi connectivity index (χ4n) is 4.54. The van der Waals surface area contributed by atoms with Crippen molar-refractivity contribution >= 4 is 21.9 Å². The van der Waals surface area contributed by atoms with Gasteiger partial charge in [0.2, 0.25) is 0 Å². The smallest absolute Gasteiger partial charge is 0.344 e. The van der Waals surface area contributed by atoms with Gasteiger partial charge in [-0.3, -0.25) is 0 Å². The highest BCUT2D eigenvalue weighted by molar-refractivity contribution is 5.86. The van der Waals surface area contributed by atoms with E-state index in [1.807, 2.05) is 30.3 Å². The lowest BCUT2D eigenvalue weighted by atomic mass is 9.88. The summed E-state index contributed by atoms with van der Waals surface area (Å²) in [5, 5.41) is 31.4. The predicted molar refractivity (Wildman–Crippen MR) is 135 cm³/mol. The Kier molecular flexibility index (Phi) is 5.30. The maximum absolute atomic E-state index is 13.2. The van der Waals surface area contributed by atoms with E-state index in [1.165, 1.54) is 4.68 Å². The average Bonchev–Trinajstić information content (AvgIpc) is 3.36. The van der Waals surface area contributed by atoms with Gasteiger partial charge in [0.25, 0.3) is 0 Å². The van der Waals surface area contributed by atoms with Gasteiger partial charge in [0.15, 0.2) is 0 Å². The van der Waals surface area contributed by atoms with E-state index in [9.17, 15) is 19.8 Å². The molecule has 0 bridgehead atoms. The summed E-state index contributed by atoms with van der Waals surface area (Å²) in [4.78, 5) is 26.5. The number of rotatable bonds is 5. The van der Waals surface area contributed by atoms with E-state index >= 15 is 0 Å². The molecule has 3 heterocycles. The summed E-state index contributed by atoms with van der Waals surface area (Å²) in [5.74, 6) is -2.10. The lowest BCUT2D eigenvalue weighted by Gasteiger charge is -2.17. The zero-order valence-corrected chi connectivity index (χ0v) is 19.2. The third-order valence-corrected chi connectivity index (χ3v) is 6.26. The van der Waals surface area contributed by atoms with Crippen molar-refractivity contribution in [1.82, 2.24) is 15.0 Å². The largest absolute Gasteiger partial charge is 0.507 e. The second-order valence-electron chi connectivity index (χ2n) is 8.56. The van der Waals surface area contributed by atoms with E-state index in [0.717, 1.165) is 5.56 Å². The molecule has 37 heavy (non-hydrogen) atoms. The lowest BCUT2D eigenvalue weighted by Crippen LogP contribution is -2.21. The Bertz CT molecular complexity index is 1790. The molecule has 0 aliphatic carbocycles. The van der Waals surface area contributed by atoms with Crippen molar-refractivity contribution in [2.75, 3.05) is 0 Å². The van der Waals surface area contributed by atoms with Crippen LogP contribution in [-0.2, 0) is 6.54 Å². The molecule has 0 atom stereocenters. The number of hydrogen-bond donors (Lipinski definition) is 2. The third kappa shape index (κ3) is 3.82. The first kappa shape index (κ1) is 22.3. The van der Waals surface area contributed by atoms with Crippen LogP contribution in [0.4, 0.5) is 0 Å². The SMILES string of the molecule is O=c1oc2ccccc2c(O)c1C(c1cn(Cc2ccccc2)nn1)c1c(O)c2ccccc2oc1=O. The van der Waals surface area contributed by atoms with Crippen LogP contribution < -0.4 is 11.3 Å². The van der Waals surface area contributed by atoms with Gasteiger partial charge < -0.3 is 19.0 Å². The minimum atomic E-state index is -1.33. The second-order valence-corrected chi connectivity index (χ2v) is 8.56. The van der Waals surface area contributed by atoms with E-state index in [0.29, 0.717) is 6.54 Å². The van der Waals surface area contributed by atoms with Crippen molar-refractivity contribution in [3.63, 3.8) is 0 Å². The van der Waals surface area contributed by atoms with Crippen LogP contribution in [0, 0.1) is 0 Å². The maximum Gasteiger partial charge on any atom is 0.344 e. The number of hydrogen-bond acceptors (Lipinski definition) is 8. The van der Waals surface area contributed by atoms with Gasteiger partial charge in [-0.25, -0.2) is 14.3 Å². The van der Waals surface area contributed by atoms with Crippen molar-refractivity contribution in [2.24, 2.45) is 0 Å². The molecule has 182 valence electrons. The zero-order chi connectivity index (χ0) is 25.5. The van der Waals surface area contributed by atoms with Gasteiger partial charge in [-0.15, -0.1) is 5.10 Å². The Morgan fingerprint density at radius 2 is 1.24 bits per heavy atom. The molecule has 3 aromatic heterocycles. The normalized spacial score (nSPS) is 11.5. The number of aromatic hydroxyl groups is 2. The maximum atomic E-state index is 13.2. The Balaban J connectivity index is 1.61.